The number of likely N-dealkylation sites (N-methyl/N-ethyl adjacent to an activating group) is 1. The number of carbonyl (C=O) groups is 2. The van der Waals surface area contributed by atoms with E-state index in [9.17, 15) is 9.59 Å². The number of likely N-dealkylation sites (tertiary alicyclic amines) is 1. The molecular weight excluding hydrogens is 256 g/mol. The Morgan fingerprint density at radius 3 is 2.72 bits per heavy atom. The number of amides is 2. The van der Waals surface area contributed by atoms with Gasteiger partial charge in [-0.25, -0.2) is 4.79 Å². The Balaban J connectivity index is 2.05. The number of benzene rings is 1. The van der Waals surface area contributed by atoms with Crippen molar-refractivity contribution in [2.45, 2.75) is 5.41 Å². The molecule has 94 valence electrons. The average molecular weight is 267 g/mol. The van der Waals surface area contributed by atoms with Gasteiger partial charge in [0.25, 0.3) is 0 Å². The molecular formula is C12H11ClN2O3. The van der Waals surface area contributed by atoms with Crippen molar-refractivity contribution in [2.24, 2.45) is 0 Å². The Morgan fingerprint density at radius 2 is 2.11 bits per heavy atom. The van der Waals surface area contributed by atoms with Crippen molar-refractivity contribution in [3.05, 3.63) is 28.8 Å². The summed E-state index contributed by atoms with van der Waals surface area (Å²) < 4.78 is 0. The summed E-state index contributed by atoms with van der Waals surface area (Å²) >= 11 is 5.93. The molecule has 1 fully saturated rings. The van der Waals surface area contributed by atoms with Gasteiger partial charge in [0.15, 0.2) is 0 Å². The van der Waals surface area contributed by atoms with Crippen LogP contribution in [-0.4, -0.2) is 42.1 Å². The van der Waals surface area contributed by atoms with Gasteiger partial charge in [0, 0.05) is 30.8 Å². The summed E-state index contributed by atoms with van der Waals surface area (Å²) in [7, 11) is 1.69. The van der Waals surface area contributed by atoms with Gasteiger partial charge >= 0.3 is 6.09 Å². The molecule has 0 atom stereocenters. The molecule has 5 nitrogen and oxygen atoms in total. The third-order valence-corrected chi connectivity index (χ3v) is 3.98. The van der Waals surface area contributed by atoms with Crippen molar-refractivity contribution in [3.8, 4) is 0 Å². The predicted molar refractivity (Wildman–Crippen MR) is 66.1 cm³/mol. The number of rotatable bonds is 0. The normalized spacial score (nSPS) is 20.0. The fourth-order valence-electron chi connectivity index (χ4n) is 2.78. The van der Waals surface area contributed by atoms with E-state index in [1.54, 1.807) is 24.1 Å². The number of carboxylic acid groups (broad SMARTS) is 1. The van der Waals surface area contributed by atoms with Crippen molar-refractivity contribution >= 4 is 29.3 Å². The average Bonchev–Trinajstić information content (AvgIpc) is 2.47. The smallest absolute Gasteiger partial charge is 0.407 e. The highest BCUT2D eigenvalue weighted by molar-refractivity contribution is 6.31. The lowest BCUT2D eigenvalue weighted by atomic mass is 9.75. The van der Waals surface area contributed by atoms with Crippen LogP contribution in [0.5, 0.6) is 0 Å². The standard InChI is InChI=1S/C12H11ClN2O3/c1-14-9-4-7(13)2-3-8(9)12(10(14)16)5-15(6-12)11(17)18/h2-4H,5-6H2,1H3,(H,17,18). The number of halogens is 1. The van der Waals surface area contributed by atoms with E-state index in [0.29, 0.717) is 5.02 Å². The fraction of sp³-hybridized carbons (Fsp3) is 0.333. The van der Waals surface area contributed by atoms with Crippen molar-refractivity contribution in [2.75, 3.05) is 25.0 Å². The number of hydrogen-bond donors (Lipinski definition) is 1. The van der Waals surface area contributed by atoms with Gasteiger partial charge in [0.05, 0.1) is 0 Å². The molecule has 18 heavy (non-hydrogen) atoms. The number of anilines is 1. The molecule has 0 aliphatic carbocycles. The second-order valence-corrected chi connectivity index (χ2v) is 5.18. The zero-order valence-corrected chi connectivity index (χ0v) is 10.4. The Morgan fingerprint density at radius 1 is 1.44 bits per heavy atom. The summed E-state index contributed by atoms with van der Waals surface area (Å²) in [5.41, 5.74) is 0.946. The molecule has 0 bridgehead atoms. The van der Waals surface area contributed by atoms with Crippen molar-refractivity contribution in [3.63, 3.8) is 0 Å². The first kappa shape index (κ1) is 11.3. The maximum Gasteiger partial charge on any atom is 0.407 e. The van der Waals surface area contributed by atoms with Gasteiger partial charge < -0.3 is 14.9 Å². The van der Waals surface area contributed by atoms with Crippen molar-refractivity contribution < 1.29 is 14.7 Å². The van der Waals surface area contributed by atoms with Gasteiger partial charge in [0.2, 0.25) is 5.91 Å². The van der Waals surface area contributed by atoms with Crippen LogP contribution in [0.2, 0.25) is 5.02 Å². The van der Waals surface area contributed by atoms with E-state index < -0.39 is 11.5 Å². The molecule has 1 N–H and O–H groups in total. The molecule has 6 heteroatoms. The van der Waals surface area contributed by atoms with E-state index in [0.717, 1.165) is 11.3 Å². The number of hydrogen-bond acceptors (Lipinski definition) is 2. The fourth-order valence-corrected chi connectivity index (χ4v) is 2.95. The third-order valence-electron chi connectivity index (χ3n) is 3.74. The van der Waals surface area contributed by atoms with Crippen molar-refractivity contribution in [1.29, 1.82) is 0 Å². The molecule has 1 aromatic rings. The molecule has 2 aliphatic rings. The Kier molecular flexibility index (Phi) is 2.13. The highest BCUT2D eigenvalue weighted by Gasteiger charge is 2.58. The topological polar surface area (TPSA) is 60.9 Å². The molecule has 1 spiro atoms. The minimum Gasteiger partial charge on any atom is -0.465 e. The van der Waals surface area contributed by atoms with Crippen LogP contribution in [0.4, 0.5) is 10.5 Å². The summed E-state index contributed by atoms with van der Waals surface area (Å²) in [6.07, 6.45) is -0.988. The van der Waals surface area contributed by atoms with Gasteiger partial charge in [-0.15, -0.1) is 0 Å². The van der Waals surface area contributed by atoms with Crippen LogP contribution in [0.25, 0.3) is 0 Å². The maximum atomic E-state index is 12.3. The first-order chi connectivity index (χ1) is 8.45. The van der Waals surface area contributed by atoms with Crippen LogP contribution in [0, 0.1) is 0 Å². The molecule has 3 rings (SSSR count). The van der Waals surface area contributed by atoms with E-state index in [1.165, 1.54) is 4.90 Å². The second-order valence-electron chi connectivity index (χ2n) is 4.75. The second kappa shape index (κ2) is 3.38. The SMILES string of the molecule is CN1C(=O)C2(CN(C(=O)O)C2)c2ccc(Cl)cc21. The number of carbonyl (C=O) groups excluding carboxylic acids is 1. The quantitative estimate of drug-likeness (QED) is 0.775. The van der Waals surface area contributed by atoms with E-state index in [1.807, 2.05) is 6.07 Å². The predicted octanol–water partition coefficient (Wildman–Crippen LogP) is 1.55. The maximum absolute atomic E-state index is 12.3. The highest BCUT2D eigenvalue weighted by Crippen LogP contribution is 2.47. The zero-order chi connectivity index (χ0) is 13.1. The molecule has 2 aliphatic heterocycles. The summed E-state index contributed by atoms with van der Waals surface area (Å²) in [5, 5.41) is 9.47. The summed E-state index contributed by atoms with van der Waals surface area (Å²) in [6, 6.07) is 5.29. The van der Waals surface area contributed by atoms with Gasteiger partial charge in [-0.1, -0.05) is 17.7 Å². The van der Waals surface area contributed by atoms with Crippen LogP contribution >= 0.6 is 11.6 Å². The molecule has 2 heterocycles. The van der Waals surface area contributed by atoms with Gasteiger partial charge in [-0.05, 0) is 17.7 Å². The van der Waals surface area contributed by atoms with E-state index >= 15 is 0 Å². The van der Waals surface area contributed by atoms with Crippen LogP contribution in [-0.2, 0) is 10.2 Å². The number of nitrogens with zero attached hydrogens (tertiary/aromatic N) is 2. The molecule has 0 radical (unpaired) electrons. The lowest BCUT2D eigenvalue weighted by Crippen LogP contribution is -2.64. The molecule has 2 amide bonds. The van der Waals surface area contributed by atoms with Crippen LogP contribution in [0.3, 0.4) is 0 Å². The highest BCUT2D eigenvalue weighted by atomic mass is 35.5. The first-order valence-electron chi connectivity index (χ1n) is 5.52. The Labute approximate surface area is 109 Å². The monoisotopic (exact) mass is 266 g/mol. The molecule has 1 saturated heterocycles. The minimum absolute atomic E-state index is 0.0581. The summed E-state index contributed by atoms with van der Waals surface area (Å²) in [5.74, 6) is -0.0581. The molecule has 0 aromatic heterocycles. The van der Waals surface area contributed by atoms with Gasteiger partial charge in [-0.3, -0.25) is 4.79 Å². The molecule has 0 saturated carbocycles. The number of fused-ring (bicyclic) bond motifs is 2. The minimum atomic E-state index is -0.988. The Bertz CT molecular complexity index is 566. The lowest BCUT2D eigenvalue weighted by Gasteiger charge is -2.44. The third kappa shape index (κ3) is 1.22. The van der Waals surface area contributed by atoms with Crippen LogP contribution < -0.4 is 4.90 Å². The van der Waals surface area contributed by atoms with E-state index in [4.69, 9.17) is 16.7 Å². The lowest BCUT2D eigenvalue weighted by molar-refractivity contribution is -0.127. The van der Waals surface area contributed by atoms with E-state index in [-0.39, 0.29) is 19.0 Å². The largest absolute Gasteiger partial charge is 0.465 e. The summed E-state index contributed by atoms with van der Waals surface area (Å²) in [4.78, 5) is 26.0. The molecule has 1 aromatic carbocycles. The van der Waals surface area contributed by atoms with E-state index in [2.05, 4.69) is 0 Å². The van der Waals surface area contributed by atoms with Crippen LogP contribution in [0.1, 0.15) is 5.56 Å². The Hall–Kier alpha value is -1.75. The molecule has 0 unspecified atom stereocenters. The van der Waals surface area contributed by atoms with Crippen molar-refractivity contribution in [1.82, 2.24) is 4.90 Å². The summed E-state index contributed by atoms with van der Waals surface area (Å²) in [6.45, 7) is 0.445. The zero-order valence-electron chi connectivity index (χ0n) is 9.68. The van der Waals surface area contributed by atoms with Gasteiger partial charge in [-0.2, -0.15) is 0 Å². The first-order valence-corrected chi connectivity index (χ1v) is 5.89. The van der Waals surface area contributed by atoms with Gasteiger partial charge in [0.1, 0.15) is 5.41 Å². The van der Waals surface area contributed by atoms with Crippen LogP contribution in [0.15, 0.2) is 18.2 Å².